The van der Waals surface area contributed by atoms with E-state index in [0.29, 0.717) is 6.54 Å². The highest BCUT2D eigenvalue weighted by Crippen LogP contribution is 2.18. The van der Waals surface area contributed by atoms with Gasteiger partial charge in [-0.15, -0.1) is 0 Å². The van der Waals surface area contributed by atoms with Crippen molar-refractivity contribution in [3.8, 4) is 0 Å². The first kappa shape index (κ1) is 15.1. The maximum absolute atomic E-state index is 11.5. The fraction of sp³-hybridized carbons (Fsp3) is 0.375. The van der Waals surface area contributed by atoms with E-state index in [2.05, 4.69) is 11.2 Å². The van der Waals surface area contributed by atoms with E-state index in [0.717, 1.165) is 33.8 Å². The van der Waals surface area contributed by atoms with Gasteiger partial charge in [-0.1, -0.05) is 12.1 Å². The Morgan fingerprint density at radius 3 is 2.67 bits per heavy atom. The van der Waals surface area contributed by atoms with E-state index >= 15 is 0 Å². The summed E-state index contributed by atoms with van der Waals surface area (Å²) in [5.74, 6) is -0.246. The molecule has 0 aliphatic rings. The summed E-state index contributed by atoms with van der Waals surface area (Å²) in [5.41, 5.74) is 11.6. The van der Waals surface area contributed by atoms with Crippen LogP contribution in [0.1, 0.15) is 28.1 Å². The summed E-state index contributed by atoms with van der Waals surface area (Å²) in [4.78, 5) is 11.5. The molecule has 0 radical (unpaired) electrons. The lowest BCUT2D eigenvalue weighted by molar-refractivity contribution is -0.139. The molecule has 0 fully saturated rings. The van der Waals surface area contributed by atoms with Gasteiger partial charge in [0.15, 0.2) is 0 Å². The van der Waals surface area contributed by atoms with Gasteiger partial charge in [-0.3, -0.25) is 9.48 Å². The Balaban J connectivity index is 2.26. The molecule has 1 aromatic heterocycles. The average molecular weight is 287 g/mol. The molecule has 2 N–H and O–H groups in total. The van der Waals surface area contributed by atoms with Gasteiger partial charge in [0.2, 0.25) is 0 Å². The number of nitrogen functional groups attached to an aromatic ring is 1. The number of methoxy groups -OCH3 is 1. The molecule has 0 aliphatic heterocycles. The van der Waals surface area contributed by atoms with Gasteiger partial charge in [-0.05, 0) is 38.0 Å². The SMILES string of the molecule is COC(=O)Cc1c(C)nn(Cc2ccc(N)c(C)c2)c1C. The Kier molecular flexibility index (Phi) is 4.31. The lowest BCUT2D eigenvalue weighted by Crippen LogP contribution is -2.08. The van der Waals surface area contributed by atoms with Crippen molar-refractivity contribution >= 4 is 11.7 Å². The normalized spacial score (nSPS) is 10.7. The first-order chi connectivity index (χ1) is 9.92. The molecule has 0 bridgehead atoms. The summed E-state index contributed by atoms with van der Waals surface area (Å²) in [5, 5.41) is 4.52. The molecule has 5 nitrogen and oxygen atoms in total. The Morgan fingerprint density at radius 1 is 1.33 bits per heavy atom. The molecule has 5 heteroatoms. The molecule has 1 heterocycles. The number of esters is 1. The predicted octanol–water partition coefficient (Wildman–Crippen LogP) is 2.15. The lowest BCUT2D eigenvalue weighted by atomic mass is 10.1. The van der Waals surface area contributed by atoms with Crippen molar-refractivity contribution in [3.63, 3.8) is 0 Å². The van der Waals surface area contributed by atoms with Crippen LogP contribution in [0.4, 0.5) is 5.69 Å². The molecule has 2 rings (SSSR count). The summed E-state index contributed by atoms with van der Waals surface area (Å²) in [6.45, 7) is 6.54. The quantitative estimate of drug-likeness (QED) is 0.691. The zero-order valence-corrected chi connectivity index (χ0v) is 12.9. The zero-order valence-electron chi connectivity index (χ0n) is 12.9. The van der Waals surface area contributed by atoms with E-state index in [4.69, 9.17) is 10.5 Å². The van der Waals surface area contributed by atoms with E-state index in [1.807, 2.05) is 37.6 Å². The minimum atomic E-state index is -0.246. The third-order valence-corrected chi connectivity index (χ3v) is 3.75. The van der Waals surface area contributed by atoms with Crippen molar-refractivity contribution < 1.29 is 9.53 Å². The van der Waals surface area contributed by atoms with Crippen LogP contribution in [0.15, 0.2) is 18.2 Å². The summed E-state index contributed by atoms with van der Waals surface area (Å²) in [6.07, 6.45) is 0.259. The molecule has 0 unspecified atom stereocenters. The minimum Gasteiger partial charge on any atom is -0.469 e. The van der Waals surface area contributed by atoms with E-state index in [-0.39, 0.29) is 12.4 Å². The number of aromatic nitrogens is 2. The van der Waals surface area contributed by atoms with E-state index in [1.54, 1.807) is 0 Å². The van der Waals surface area contributed by atoms with Crippen LogP contribution in [-0.2, 0) is 22.5 Å². The van der Waals surface area contributed by atoms with E-state index < -0.39 is 0 Å². The smallest absolute Gasteiger partial charge is 0.310 e. The van der Waals surface area contributed by atoms with Gasteiger partial charge >= 0.3 is 5.97 Å². The topological polar surface area (TPSA) is 70.1 Å². The van der Waals surface area contributed by atoms with Crippen LogP contribution in [-0.4, -0.2) is 22.9 Å². The third-order valence-electron chi connectivity index (χ3n) is 3.75. The molecule has 112 valence electrons. The highest BCUT2D eigenvalue weighted by atomic mass is 16.5. The van der Waals surface area contributed by atoms with Crippen LogP contribution in [0.5, 0.6) is 0 Å². The average Bonchev–Trinajstić information content (AvgIpc) is 2.70. The summed E-state index contributed by atoms with van der Waals surface area (Å²) < 4.78 is 6.65. The van der Waals surface area contributed by atoms with Gasteiger partial charge in [-0.2, -0.15) is 5.10 Å². The number of nitrogens with two attached hydrogens (primary N) is 1. The van der Waals surface area contributed by atoms with Crippen LogP contribution in [0.25, 0.3) is 0 Å². The van der Waals surface area contributed by atoms with Crippen molar-refractivity contribution in [2.45, 2.75) is 33.7 Å². The van der Waals surface area contributed by atoms with Gasteiger partial charge < -0.3 is 10.5 Å². The number of hydrogen-bond donors (Lipinski definition) is 1. The maximum Gasteiger partial charge on any atom is 0.310 e. The van der Waals surface area contributed by atoms with Crippen molar-refractivity contribution in [1.29, 1.82) is 0 Å². The Morgan fingerprint density at radius 2 is 2.05 bits per heavy atom. The Labute approximate surface area is 124 Å². The molecule has 0 atom stereocenters. The van der Waals surface area contributed by atoms with Crippen LogP contribution in [0.2, 0.25) is 0 Å². The van der Waals surface area contributed by atoms with Crippen molar-refractivity contribution in [2.24, 2.45) is 0 Å². The highest BCUT2D eigenvalue weighted by molar-refractivity contribution is 5.73. The van der Waals surface area contributed by atoms with Gasteiger partial charge in [0.1, 0.15) is 0 Å². The van der Waals surface area contributed by atoms with Crippen molar-refractivity contribution in [3.05, 3.63) is 46.3 Å². The number of rotatable bonds is 4. The molecule has 1 aromatic carbocycles. The molecule has 0 aliphatic carbocycles. The van der Waals surface area contributed by atoms with Crippen molar-refractivity contribution in [2.75, 3.05) is 12.8 Å². The Bertz CT molecular complexity index is 674. The lowest BCUT2D eigenvalue weighted by Gasteiger charge is -2.08. The zero-order chi connectivity index (χ0) is 15.6. The largest absolute Gasteiger partial charge is 0.469 e. The monoisotopic (exact) mass is 287 g/mol. The van der Waals surface area contributed by atoms with E-state index in [9.17, 15) is 4.79 Å². The molecule has 0 saturated carbocycles. The van der Waals surface area contributed by atoms with Crippen LogP contribution in [0.3, 0.4) is 0 Å². The summed E-state index contributed by atoms with van der Waals surface area (Å²) in [7, 11) is 1.40. The second-order valence-corrected chi connectivity index (χ2v) is 5.25. The number of carbonyl (C=O) groups is 1. The first-order valence-corrected chi connectivity index (χ1v) is 6.87. The molecular formula is C16H21N3O2. The molecule has 0 amide bonds. The Hall–Kier alpha value is -2.30. The first-order valence-electron chi connectivity index (χ1n) is 6.87. The summed E-state index contributed by atoms with van der Waals surface area (Å²) in [6, 6.07) is 5.97. The van der Waals surface area contributed by atoms with Gasteiger partial charge in [0, 0.05) is 16.9 Å². The second-order valence-electron chi connectivity index (χ2n) is 5.25. The fourth-order valence-electron chi connectivity index (χ4n) is 2.37. The summed E-state index contributed by atoms with van der Waals surface area (Å²) >= 11 is 0. The number of hydrogen-bond acceptors (Lipinski definition) is 4. The number of aryl methyl sites for hydroxylation is 2. The fourth-order valence-corrected chi connectivity index (χ4v) is 2.37. The van der Waals surface area contributed by atoms with Gasteiger partial charge in [-0.25, -0.2) is 0 Å². The molecule has 0 spiro atoms. The predicted molar refractivity (Wildman–Crippen MR) is 82.1 cm³/mol. The molecular weight excluding hydrogens is 266 g/mol. The number of benzene rings is 1. The number of anilines is 1. The van der Waals surface area contributed by atoms with Crippen molar-refractivity contribution in [1.82, 2.24) is 9.78 Å². The number of nitrogens with zero attached hydrogens (tertiary/aromatic N) is 2. The highest BCUT2D eigenvalue weighted by Gasteiger charge is 2.15. The minimum absolute atomic E-state index is 0.246. The molecule has 21 heavy (non-hydrogen) atoms. The van der Waals surface area contributed by atoms with E-state index in [1.165, 1.54) is 7.11 Å². The van der Waals surface area contributed by atoms with Crippen LogP contribution < -0.4 is 5.73 Å². The second kappa shape index (κ2) is 5.99. The van der Waals surface area contributed by atoms with Crippen LogP contribution in [0, 0.1) is 20.8 Å². The number of carbonyl (C=O) groups excluding carboxylic acids is 1. The third kappa shape index (κ3) is 3.24. The molecule has 0 saturated heterocycles. The number of ether oxygens (including phenoxy) is 1. The van der Waals surface area contributed by atoms with Gasteiger partial charge in [0.05, 0.1) is 25.8 Å². The standard InChI is InChI=1S/C16H21N3O2/c1-10-7-13(5-6-15(10)17)9-19-12(3)14(11(2)18-19)8-16(20)21-4/h5-7H,8-9,17H2,1-4H3. The van der Waals surface area contributed by atoms with Crippen LogP contribution >= 0.6 is 0 Å². The maximum atomic E-state index is 11.5. The molecule has 2 aromatic rings. The van der Waals surface area contributed by atoms with Gasteiger partial charge in [0.25, 0.3) is 0 Å².